The van der Waals surface area contributed by atoms with Crippen LogP contribution >= 0.6 is 0 Å². The largest absolute Gasteiger partial charge is 0.494 e. The molecule has 0 radical (unpaired) electrons. The van der Waals surface area contributed by atoms with Crippen molar-refractivity contribution in [3.8, 4) is 28.0 Å². The lowest BCUT2D eigenvalue weighted by Gasteiger charge is -2.15. The zero-order valence-electron chi connectivity index (χ0n) is 25.1. The van der Waals surface area contributed by atoms with Crippen LogP contribution in [-0.4, -0.2) is 12.6 Å². The standard InChI is InChI=1S/C37H50O3/c1-4-6-8-9-10-11-12-13-14-20-37(38)40-30(3)31-21-23-32(24-22-31)35-18-15-16-19-36(35)33-25-27-34(28-26-33)39-29-17-7-5-2/h15-16,18-19,21-28,30H,4-14,17,20,29H2,1-3H3. The third-order valence-electron chi connectivity index (χ3n) is 7.59. The number of carbonyl (C=O) groups excluding carboxylic acids is 1. The summed E-state index contributed by atoms with van der Waals surface area (Å²) in [7, 11) is 0. The number of hydrogen-bond donors (Lipinski definition) is 0. The van der Waals surface area contributed by atoms with Gasteiger partial charge in [0.15, 0.2) is 0 Å². The maximum absolute atomic E-state index is 12.4. The van der Waals surface area contributed by atoms with Crippen LogP contribution in [0, 0.1) is 0 Å². The average Bonchev–Trinajstić information content (AvgIpc) is 2.99. The smallest absolute Gasteiger partial charge is 0.306 e. The molecule has 0 bridgehead atoms. The fourth-order valence-electron chi connectivity index (χ4n) is 5.10. The van der Waals surface area contributed by atoms with Crippen LogP contribution < -0.4 is 4.74 Å². The summed E-state index contributed by atoms with van der Waals surface area (Å²) in [6, 6.07) is 25.3. The van der Waals surface area contributed by atoms with Crippen LogP contribution in [0.2, 0.25) is 0 Å². The summed E-state index contributed by atoms with van der Waals surface area (Å²) in [6.45, 7) is 7.18. The molecule has 3 nitrogen and oxygen atoms in total. The Balaban J connectivity index is 1.49. The summed E-state index contributed by atoms with van der Waals surface area (Å²) in [5.41, 5.74) is 5.70. The third-order valence-corrected chi connectivity index (χ3v) is 7.59. The first kappa shape index (κ1) is 31.5. The normalized spacial score (nSPS) is 11.8. The predicted octanol–water partition coefficient (Wildman–Crippen LogP) is 11.1. The van der Waals surface area contributed by atoms with E-state index in [1.54, 1.807) is 0 Å². The van der Waals surface area contributed by atoms with Gasteiger partial charge in [0.25, 0.3) is 0 Å². The van der Waals surface area contributed by atoms with Gasteiger partial charge in [0, 0.05) is 6.42 Å². The minimum Gasteiger partial charge on any atom is -0.494 e. The zero-order valence-corrected chi connectivity index (χ0v) is 25.1. The van der Waals surface area contributed by atoms with Gasteiger partial charge in [0.05, 0.1) is 6.61 Å². The number of rotatable bonds is 19. The molecule has 3 aromatic carbocycles. The van der Waals surface area contributed by atoms with Crippen molar-refractivity contribution >= 4 is 5.97 Å². The average molecular weight is 543 g/mol. The molecule has 0 aromatic heterocycles. The zero-order chi connectivity index (χ0) is 28.4. The Bertz CT molecular complexity index is 1100. The highest BCUT2D eigenvalue weighted by molar-refractivity contribution is 5.83. The fourth-order valence-corrected chi connectivity index (χ4v) is 5.10. The molecule has 1 unspecified atom stereocenters. The minimum absolute atomic E-state index is 0.0948. The number of carbonyl (C=O) groups is 1. The number of benzene rings is 3. The van der Waals surface area contributed by atoms with E-state index in [0.29, 0.717) is 6.42 Å². The second-order valence-corrected chi connectivity index (χ2v) is 11.0. The molecule has 0 N–H and O–H groups in total. The van der Waals surface area contributed by atoms with Gasteiger partial charge in [-0.2, -0.15) is 0 Å². The van der Waals surface area contributed by atoms with Gasteiger partial charge in [-0.15, -0.1) is 0 Å². The maximum Gasteiger partial charge on any atom is 0.306 e. The van der Waals surface area contributed by atoms with Gasteiger partial charge in [-0.25, -0.2) is 0 Å². The van der Waals surface area contributed by atoms with Gasteiger partial charge in [-0.3, -0.25) is 4.79 Å². The van der Waals surface area contributed by atoms with Crippen LogP contribution in [0.5, 0.6) is 5.75 Å². The SMILES string of the molecule is CCCCCCCCCCCC(=O)OC(C)c1ccc(-c2ccccc2-c2ccc(OCCCCC)cc2)cc1. The van der Waals surface area contributed by atoms with Crippen LogP contribution in [0.25, 0.3) is 22.3 Å². The number of esters is 1. The first-order valence-corrected chi connectivity index (χ1v) is 15.7. The van der Waals surface area contributed by atoms with Gasteiger partial charge in [-0.1, -0.05) is 139 Å². The monoisotopic (exact) mass is 542 g/mol. The number of hydrogen-bond acceptors (Lipinski definition) is 3. The summed E-state index contributed by atoms with van der Waals surface area (Å²) in [5, 5.41) is 0. The Labute approximate surface area is 243 Å². The van der Waals surface area contributed by atoms with Crippen molar-refractivity contribution in [3.05, 3.63) is 78.4 Å². The number of ether oxygens (including phenoxy) is 2. The van der Waals surface area contributed by atoms with Crippen molar-refractivity contribution in [3.63, 3.8) is 0 Å². The molecule has 0 saturated heterocycles. The molecule has 0 aliphatic carbocycles. The molecule has 1 atom stereocenters. The van der Waals surface area contributed by atoms with E-state index in [2.05, 4.69) is 86.6 Å². The molecular weight excluding hydrogens is 492 g/mol. The highest BCUT2D eigenvalue weighted by atomic mass is 16.5. The summed E-state index contributed by atoms with van der Waals surface area (Å²) >= 11 is 0. The molecule has 0 amide bonds. The second kappa shape index (κ2) is 18.3. The van der Waals surface area contributed by atoms with Crippen LogP contribution in [0.15, 0.2) is 72.8 Å². The molecule has 0 spiro atoms. The summed E-state index contributed by atoms with van der Waals surface area (Å²) < 4.78 is 11.6. The van der Waals surface area contributed by atoms with Gasteiger partial charge >= 0.3 is 5.97 Å². The molecule has 3 aromatic rings. The second-order valence-electron chi connectivity index (χ2n) is 11.0. The minimum atomic E-state index is -0.250. The van der Waals surface area contributed by atoms with E-state index in [4.69, 9.17) is 9.47 Å². The molecule has 0 aliphatic heterocycles. The van der Waals surface area contributed by atoms with Crippen LogP contribution in [0.1, 0.15) is 116 Å². The van der Waals surface area contributed by atoms with Gasteiger partial charge < -0.3 is 9.47 Å². The Morgan fingerprint density at radius 1 is 0.625 bits per heavy atom. The summed E-state index contributed by atoms with van der Waals surface area (Å²) in [6.07, 6.45) is 14.9. The lowest BCUT2D eigenvalue weighted by molar-refractivity contribution is -0.148. The molecule has 0 heterocycles. The first-order valence-electron chi connectivity index (χ1n) is 15.7. The van der Waals surface area contributed by atoms with Crippen molar-refractivity contribution in [1.82, 2.24) is 0 Å². The highest BCUT2D eigenvalue weighted by Crippen LogP contribution is 2.33. The lowest BCUT2D eigenvalue weighted by Crippen LogP contribution is -2.08. The van der Waals surface area contributed by atoms with Crippen LogP contribution in [-0.2, 0) is 9.53 Å². The Morgan fingerprint density at radius 2 is 1.12 bits per heavy atom. The Morgan fingerprint density at radius 3 is 1.70 bits per heavy atom. The quantitative estimate of drug-likeness (QED) is 0.112. The fraction of sp³-hybridized carbons (Fsp3) is 0.486. The summed E-state index contributed by atoms with van der Waals surface area (Å²) in [5.74, 6) is 0.825. The van der Waals surface area contributed by atoms with E-state index in [1.807, 2.05) is 6.92 Å². The molecule has 216 valence electrons. The van der Waals surface area contributed by atoms with Crippen molar-refractivity contribution in [2.45, 2.75) is 110 Å². The molecule has 0 saturated carbocycles. The third kappa shape index (κ3) is 10.8. The van der Waals surface area contributed by atoms with Crippen molar-refractivity contribution in [2.24, 2.45) is 0 Å². The van der Waals surface area contributed by atoms with E-state index in [0.717, 1.165) is 42.7 Å². The summed E-state index contributed by atoms with van der Waals surface area (Å²) in [4.78, 5) is 12.4. The van der Waals surface area contributed by atoms with E-state index in [-0.39, 0.29) is 12.1 Å². The predicted molar refractivity (Wildman–Crippen MR) is 169 cm³/mol. The molecule has 3 heteroatoms. The van der Waals surface area contributed by atoms with Crippen LogP contribution in [0.3, 0.4) is 0 Å². The molecule has 0 fully saturated rings. The molecule has 0 aliphatic rings. The Kier molecular flexibility index (Phi) is 14.4. The molecule has 3 rings (SSSR count). The van der Waals surface area contributed by atoms with E-state index >= 15 is 0 Å². The van der Waals surface area contributed by atoms with Crippen LogP contribution in [0.4, 0.5) is 0 Å². The number of unbranched alkanes of at least 4 members (excludes halogenated alkanes) is 10. The first-order chi connectivity index (χ1) is 19.6. The maximum atomic E-state index is 12.4. The topological polar surface area (TPSA) is 35.5 Å². The van der Waals surface area contributed by atoms with Gasteiger partial charge in [-0.05, 0) is 59.7 Å². The van der Waals surface area contributed by atoms with Crippen molar-refractivity contribution < 1.29 is 14.3 Å². The molecular formula is C37H50O3. The molecule has 40 heavy (non-hydrogen) atoms. The van der Waals surface area contributed by atoms with Gasteiger partial charge in [0.1, 0.15) is 11.9 Å². The lowest BCUT2D eigenvalue weighted by atomic mass is 9.94. The van der Waals surface area contributed by atoms with E-state index in [1.165, 1.54) is 74.5 Å². The van der Waals surface area contributed by atoms with Gasteiger partial charge in [0.2, 0.25) is 0 Å². The van der Waals surface area contributed by atoms with Crippen molar-refractivity contribution in [1.29, 1.82) is 0 Å². The van der Waals surface area contributed by atoms with Crippen molar-refractivity contribution in [2.75, 3.05) is 6.61 Å². The van der Waals surface area contributed by atoms with E-state index < -0.39 is 0 Å². The Hall–Kier alpha value is -3.07. The van der Waals surface area contributed by atoms with E-state index in [9.17, 15) is 4.79 Å². The highest BCUT2D eigenvalue weighted by Gasteiger charge is 2.13.